The number of nitrogens with two attached hydrogens (primary N) is 1. The molecule has 1 fully saturated rings. The van der Waals surface area contributed by atoms with Crippen LogP contribution in [0.1, 0.15) is 24.5 Å². The second-order valence-corrected chi connectivity index (χ2v) is 11.8. The summed E-state index contributed by atoms with van der Waals surface area (Å²) in [6.45, 7) is 1.36. The number of hydrogen-bond donors (Lipinski definition) is 2. The molecule has 198 valence electrons. The number of benzene rings is 2. The third-order valence-electron chi connectivity index (χ3n) is 6.79. The molecule has 0 aromatic heterocycles. The zero-order chi connectivity index (χ0) is 27.0. The highest BCUT2D eigenvalue weighted by atomic mass is 32.2. The minimum absolute atomic E-state index is 0.0353. The second kappa shape index (κ2) is 10.2. The number of nitrogens with zero attached hydrogens (tertiary/aromatic N) is 2. The second-order valence-electron chi connectivity index (χ2n) is 9.36. The van der Waals surface area contributed by atoms with Crippen molar-refractivity contribution in [1.29, 1.82) is 0 Å². The van der Waals surface area contributed by atoms with Gasteiger partial charge < -0.3 is 15.7 Å². The molecule has 0 spiro atoms. The van der Waals surface area contributed by atoms with Gasteiger partial charge in [-0.05, 0) is 42.7 Å². The van der Waals surface area contributed by atoms with Crippen molar-refractivity contribution in [2.75, 3.05) is 24.5 Å². The smallest absolute Gasteiger partial charge is 0.399 e. The maximum Gasteiger partial charge on any atom is 0.421 e. The van der Waals surface area contributed by atoms with Crippen LogP contribution in [0.5, 0.6) is 0 Å². The van der Waals surface area contributed by atoms with Crippen molar-refractivity contribution in [1.82, 2.24) is 4.31 Å². The molecule has 0 saturated carbocycles. The molecule has 1 saturated heterocycles. The molecule has 0 radical (unpaired) electrons. The minimum Gasteiger partial charge on any atom is -0.399 e. The lowest BCUT2D eigenvalue weighted by atomic mass is 9.94. The van der Waals surface area contributed by atoms with Crippen LogP contribution in [0.15, 0.2) is 77.4 Å². The van der Waals surface area contributed by atoms with Crippen molar-refractivity contribution < 1.29 is 26.7 Å². The van der Waals surface area contributed by atoms with Gasteiger partial charge in [0.2, 0.25) is 10.0 Å². The van der Waals surface area contributed by atoms with Crippen molar-refractivity contribution in [3.63, 3.8) is 0 Å². The largest absolute Gasteiger partial charge is 0.421 e. The van der Waals surface area contributed by atoms with Crippen LogP contribution >= 0.6 is 12.2 Å². The van der Waals surface area contributed by atoms with E-state index in [2.05, 4.69) is 0 Å². The molecule has 1 aliphatic carbocycles. The molecule has 3 N–H and O–H groups in total. The number of aliphatic hydroxyl groups is 1. The van der Waals surface area contributed by atoms with E-state index in [1.54, 1.807) is 6.08 Å². The molecule has 2 aromatic rings. The first-order valence-electron chi connectivity index (χ1n) is 11.7. The summed E-state index contributed by atoms with van der Waals surface area (Å²) < 4.78 is 68.3. The van der Waals surface area contributed by atoms with E-state index in [0.717, 1.165) is 12.5 Å². The van der Waals surface area contributed by atoms with Crippen LogP contribution in [0.2, 0.25) is 0 Å². The normalized spacial score (nSPS) is 21.3. The molecule has 0 unspecified atom stereocenters. The maximum absolute atomic E-state index is 13.5. The van der Waals surface area contributed by atoms with E-state index in [1.807, 2.05) is 35.2 Å². The van der Waals surface area contributed by atoms with Crippen LogP contribution in [-0.2, 0) is 22.0 Å². The van der Waals surface area contributed by atoms with Crippen LogP contribution in [0.4, 0.5) is 18.9 Å². The van der Waals surface area contributed by atoms with Gasteiger partial charge >= 0.3 is 6.18 Å². The van der Waals surface area contributed by atoms with E-state index in [9.17, 15) is 26.7 Å². The van der Waals surface area contributed by atoms with Crippen LogP contribution in [0, 0.1) is 0 Å². The molecule has 1 heterocycles. The highest BCUT2D eigenvalue weighted by molar-refractivity contribution is 7.96. The molecule has 2 aliphatic rings. The number of halogens is 3. The van der Waals surface area contributed by atoms with E-state index in [4.69, 9.17) is 18.0 Å². The van der Waals surface area contributed by atoms with Crippen molar-refractivity contribution in [2.24, 2.45) is 5.73 Å². The van der Waals surface area contributed by atoms with Crippen LogP contribution in [0.25, 0.3) is 0 Å². The van der Waals surface area contributed by atoms with Gasteiger partial charge in [-0.2, -0.15) is 17.5 Å². The molecule has 11 heteroatoms. The van der Waals surface area contributed by atoms with Crippen LogP contribution in [-0.4, -0.2) is 54.5 Å². The lowest BCUT2D eigenvalue weighted by molar-refractivity contribution is -0.258. The first-order chi connectivity index (χ1) is 17.3. The topological polar surface area (TPSA) is 86.9 Å². The van der Waals surface area contributed by atoms with Gasteiger partial charge in [0, 0.05) is 48.3 Å². The number of piperazine rings is 1. The number of allylic oxidation sites excluding steroid dienone is 3. The van der Waals surface area contributed by atoms with Gasteiger partial charge in [-0.15, -0.1) is 0 Å². The number of anilines is 1. The summed E-state index contributed by atoms with van der Waals surface area (Å²) in [5.41, 5.74) is 4.58. The quantitative estimate of drug-likeness (QED) is 0.528. The van der Waals surface area contributed by atoms with E-state index in [-0.39, 0.29) is 36.0 Å². The van der Waals surface area contributed by atoms with Crippen molar-refractivity contribution in [2.45, 2.75) is 37.6 Å². The summed E-state index contributed by atoms with van der Waals surface area (Å²) in [7, 11) is -3.89. The molecule has 37 heavy (non-hydrogen) atoms. The Morgan fingerprint density at radius 2 is 1.73 bits per heavy atom. The third kappa shape index (κ3) is 5.59. The monoisotopic (exact) mass is 551 g/mol. The third-order valence-corrected chi connectivity index (χ3v) is 9.23. The first-order valence-corrected chi connectivity index (χ1v) is 13.6. The highest BCUT2D eigenvalue weighted by Crippen LogP contribution is 2.39. The fourth-order valence-corrected chi connectivity index (χ4v) is 6.63. The minimum atomic E-state index is -4.82. The lowest BCUT2D eigenvalue weighted by Crippen LogP contribution is -2.56. The average molecular weight is 552 g/mol. The first kappa shape index (κ1) is 27.3. The number of thiocarbonyl (C=S) groups is 1. The summed E-state index contributed by atoms with van der Waals surface area (Å²) in [4.78, 5) is 2.34. The van der Waals surface area contributed by atoms with E-state index < -0.39 is 21.8 Å². The Bertz CT molecular complexity index is 1320. The Balaban J connectivity index is 1.64. The Hall–Kier alpha value is -2.73. The van der Waals surface area contributed by atoms with Gasteiger partial charge in [0.05, 0.1) is 4.91 Å². The molecule has 4 rings (SSSR count). The fraction of sp³-hybridized carbons (Fsp3) is 0.346. The van der Waals surface area contributed by atoms with Crippen LogP contribution < -0.4 is 10.6 Å². The summed E-state index contributed by atoms with van der Waals surface area (Å²) >= 11 is 5.31. The Morgan fingerprint density at radius 3 is 2.35 bits per heavy atom. The van der Waals surface area contributed by atoms with Gasteiger partial charge in [0.25, 0.3) is 0 Å². The maximum atomic E-state index is 13.5. The Labute approximate surface area is 219 Å². The SMILES string of the molecule is C[C@](O)(c1ccc(N2CCN(S(=O)(=O)C3=CC(N)=CCC3=S)C[C@@H]2Cc2ccccc2)cc1)C(F)(F)F. The van der Waals surface area contributed by atoms with Gasteiger partial charge in [-0.25, -0.2) is 8.42 Å². The molecule has 0 amide bonds. The summed E-state index contributed by atoms with van der Waals surface area (Å²) in [6.07, 6.45) is -0.951. The van der Waals surface area contributed by atoms with E-state index >= 15 is 0 Å². The molecular formula is C26H28F3N3O3S2. The summed E-state index contributed by atoms with van der Waals surface area (Å²) in [6, 6.07) is 14.8. The molecule has 6 nitrogen and oxygen atoms in total. The Kier molecular flexibility index (Phi) is 7.53. The predicted octanol–water partition coefficient (Wildman–Crippen LogP) is 4.02. The van der Waals surface area contributed by atoms with Gasteiger partial charge in [0.1, 0.15) is 0 Å². The number of alkyl halides is 3. The Morgan fingerprint density at radius 1 is 1.08 bits per heavy atom. The van der Waals surface area contributed by atoms with Crippen LogP contribution in [0.3, 0.4) is 0 Å². The molecule has 1 aliphatic heterocycles. The zero-order valence-electron chi connectivity index (χ0n) is 20.1. The van der Waals surface area contributed by atoms with Crippen molar-refractivity contribution in [3.8, 4) is 0 Å². The molecule has 2 atom stereocenters. The highest BCUT2D eigenvalue weighted by Gasteiger charge is 2.51. The summed E-state index contributed by atoms with van der Waals surface area (Å²) in [5, 5.41) is 10.0. The standard InChI is InChI=1S/C26H28F3N3O3S2/c1-25(33,26(27,28)29)19-7-10-21(11-8-19)32-14-13-31(17-22(32)15-18-5-3-2-4-6-18)37(34,35)24-16-20(30)9-12-23(24)36/h2-11,16,22,33H,12-15,17,30H2,1H3/t22-,25-/m0/s1. The number of rotatable bonds is 6. The molecule has 2 aromatic carbocycles. The van der Waals surface area contributed by atoms with Crippen molar-refractivity contribution >= 4 is 32.8 Å². The van der Waals surface area contributed by atoms with Gasteiger partial charge in [-0.3, -0.25) is 0 Å². The summed E-state index contributed by atoms with van der Waals surface area (Å²) in [5.74, 6) is 0. The lowest BCUT2D eigenvalue weighted by Gasteiger charge is -2.43. The zero-order valence-corrected chi connectivity index (χ0v) is 21.8. The fourth-order valence-electron chi connectivity index (χ4n) is 4.55. The van der Waals surface area contributed by atoms with E-state index in [1.165, 1.54) is 34.6 Å². The average Bonchev–Trinajstić information content (AvgIpc) is 2.85. The van der Waals surface area contributed by atoms with E-state index in [0.29, 0.717) is 29.2 Å². The molecule has 0 bridgehead atoms. The number of hydrogen-bond acceptors (Lipinski definition) is 6. The molecular weight excluding hydrogens is 523 g/mol. The van der Waals surface area contributed by atoms with Gasteiger partial charge in [-0.1, -0.05) is 60.8 Å². The van der Waals surface area contributed by atoms with Crippen molar-refractivity contribution in [3.05, 3.63) is 88.5 Å². The number of sulfonamides is 1. The predicted molar refractivity (Wildman–Crippen MR) is 141 cm³/mol. The van der Waals surface area contributed by atoms with Gasteiger partial charge in [0.15, 0.2) is 5.60 Å².